The zero-order valence-electron chi connectivity index (χ0n) is 15.8. The minimum absolute atomic E-state index is 0.182. The fourth-order valence-electron chi connectivity index (χ4n) is 3.04. The smallest absolute Gasteiger partial charge is 0.240 e. The Morgan fingerprint density at radius 3 is 2.56 bits per heavy atom. The zero-order valence-corrected chi connectivity index (χ0v) is 16.6. The molecule has 0 saturated carbocycles. The highest BCUT2D eigenvalue weighted by Crippen LogP contribution is 2.33. The third-order valence-electron chi connectivity index (χ3n) is 4.68. The molecule has 27 heavy (non-hydrogen) atoms. The normalized spacial score (nSPS) is 14.6. The molecule has 0 aromatic heterocycles. The molecule has 1 unspecified atom stereocenters. The van der Waals surface area contributed by atoms with Gasteiger partial charge in [-0.1, -0.05) is 13.0 Å². The molecule has 1 aliphatic rings. The monoisotopic (exact) mass is 391 g/mol. The third-order valence-corrected chi connectivity index (χ3v) is 6.14. The summed E-state index contributed by atoms with van der Waals surface area (Å²) < 4.78 is 44.0. The van der Waals surface area contributed by atoms with Crippen LogP contribution in [0.25, 0.3) is 0 Å². The Balaban J connectivity index is 1.60. The lowest BCUT2D eigenvalue weighted by molar-refractivity contribution is 0.171. The fourth-order valence-corrected chi connectivity index (χ4v) is 4.18. The summed E-state index contributed by atoms with van der Waals surface area (Å²) in [4.78, 5) is 0.243. The fraction of sp³-hybridized carbons (Fsp3) is 0.400. The van der Waals surface area contributed by atoms with E-state index in [0.717, 1.165) is 22.6 Å². The van der Waals surface area contributed by atoms with Crippen LogP contribution in [-0.4, -0.2) is 35.3 Å². The largest absolute Gasteiger partial charge is 0.496 e. The Kier molecular flexibility index (Phi) is 5.92. The highest BCUT2D eigenvalue weighted by atomic mass is 32.2. The summed E-state index contributed by atoms with van der Waals surface area (Å²) in [5.74, 6) is 2.36. The van der Waals surface area contributed by atoms with Gasteiger partial charge in [-0.25, -0.2) is 13.1 Å². The topological polar surface area (TPSA) is 73.9 Å². The second-order valence-electron chi connectivity index (χ2n) is 6.62. The number of nitrogens with one attached hydrogen (secondary N) is 1. The van der Waals surface area contributed by atoms with E-state index >= 15 is 0 Å². The summed E-state index contributed by atoms with van der Waals surface area (Å²) in [6.07, 6.45) is 0.675. The van der Waals surface area contributed by atoms with E-state index < -0.39 is 10.0 Å². The molecule has 6 nitrogen and oxygen atoms in total. The summed E-state index contributed by atoms with van der Waals surface area (Å²) in [5, 5.41) is 0. The van der Waals surface area contributed by atoms with Gasteiger partial charge in [-0.3, -0.25) is 0 Å². The van der Waals surface area contributed by atoms with Crippen molar-refractivity contribution in [2.45, 2.75) is 31.1 Å². The minimum Gasteiger partial charge on any atom is -0.496 e. The van der Waals surface area contributed by atoms with Gasteiger partial charge in [0.1, 0.15) is 19.0 Å². The Labute approximate surface area is 160 Å². The molecule has 7 heteroatoms. The molecule has 0 radical (unpaired) electrons. The van der Waals surface area contributed by atoms with Gasteiger partial charge in [-0.15, -0.1) is 0 Å². The van der Waals surface area contributed by atoms with Crippen LogP contribution in [0.2, 0.25) is 0 Å². The number of benzene rings is 2. The first-order valence-electron chi connectivity index (χ1n) is 8.94. The maximum atomic E-state index is 12.5. The van der Waals surface area contributed by atoms with E-state index in [-0.39, 0.29) is 10.8 Å². The predicted molar refractivity (Wildman–Crippen MR) is 103 cm³/mol. The summed E-state index contributed by atoms with van der Waals surface area (Å²) in [6.45, 7) is 5.35. The average Bonchev–Trinajstić information content (AvgIpc) is 2.67. The highest BCUT2D eigenvalue weighted by Gasteiger charge is 2.17. The summed E-state index contributed by atoms with van der Waals surface area (Å²) >= 11 is 0. The Morgan fingerprint density at radius 1 is 1.11 bits per heavy atom. The molecular weight excluding hydrogens is 366 g/mol. The van der Waals surface area contributed by atoms with E-state index in [0.29, 0.717) is 31.9 Å². The predicted octanol–water partition coefficient (Wildman–Crippen LogP) is 3.25. The van der Waals surface area contributed by atoms with Crippen LogP contribution in [0.15, 0.2) is 41.3 Å². The molecular formula is C20H25NO5S. The molecule has 1 N–H and O–H groups in total. The molecule has 0 amide bonds. The first-order chi connectivity index (χ1) is 12.9. The number of ether oxygens (including phenoxy) is 3. The van der Waals surface area contributed by atoms with Crippen molar-refractivity contribution in [3.8, 4) is 17.2 Å². The second-order valence-corrected chi connectivity index (χ2v) is 8.39. The van der Waals surface area contributed by atoms with Crippen LogP contribution >= 0.6 is 0 Å². The van der Waals surface area contributed by atoms with Crippen molar-refractivity contribution in [3.05, 3.63) is 47.5 Å². The molecule has 2 aromatic carbocycles. The number of methoxy groups -OCH3 is 1. The second kappa shape index (κ2) is 8.19. The standard InChI is InChI=1S/C20H25NO5S/c1-14(16-4-6-19-20(13-16)26-11-10-25-19)8-9-21-27(22,23)17-5-7-18(24-3)15(2)12-17/h4-7,12-14,21H,8-11H2,1-3H3. The third kappa shape index (κ3) is 4.54. The number of rotatable bonds is 7. The Morgan fingerprint density at radius 2 is 1.85 bits per heavy atom. The quantitative estimate of drug-likeness (QED) is 0.784. The van der Waals surface area contributed by atoms with Gasteiger partial charge in [-0.2, -0.15) is 0 Å². The molecule has 0 fully saturated rings. The molecule has 1 aliphatic heterocycles. The van der Waals surface area contributed by atoms with E-state index in [4.69, 9.17) is 14.2 Å². The van der Waals surface area contributed by atoms with Crippen molar-refractivity contribution in [1.82, 2.24) is 4.72 Å². The molecule has 0 saturated heterocycles. The van der Waals surface area contributed by atoms with E-state index in [1.807, 2.05) is 25.1 Å². The summed E-state index contributed by atoms with van der Waals surface area (Å²) in [7, 11) is -1.99. The van der Waals surface area contributed by atoms with Crippen molar-refractivity contribution >= 4 is 10.0 Å². The first kappa shape index (κ1) is 19.5. The molecule has 146 valence electrons. The Bertz CT molecular complexity index is 911. The van der Waals surface area contributed by atoms with Crippen molar-refractivity contribution < 1.29 is 22.6 Å². The molecule has 0 spiro atoms. The zero-order chi connectivity index (χ0) is 19.4. The van der Waals surface area contributed by atoms with Crippen molar-refractivity contribution in [2.75, 3.05) is 26.9 Å². The van der Waals surface area contributed by atoms with Crippen LogP contribution in [-0.2, 0) is 10.0 Å². The lowest BCUT2D eigenvalue weighted by atomic mass is 9.97. The number of hydrogen-bond acceptors (Lipinski definition) is 5. The maximum absolute atomic E-state index is 12.5. The molecule has 1 atom stereocenters. The van der Waals surface area contributed by atoms with E-state index in [9.17, 15) is 8.42 Å². The van der Waals surface area contributed by atoms with Crippen LogP contribution in [0.3, 0.4) is 0 Å². The SMILES string of the molecule is COc1ccc(S(=O)(=O)NCCC(C)c2ccc3c(c2)OCCO3)cc1C. The number of fused-ring (bicyclic) bond motifs is 1. The van der Waals surface area contributed by atoms with E-state index in [1.165, 1.54) is 0 Å². The van der Waals surface area contributed by atoms with Gasteiger partial charge in [0.15, 0.2) is 11.5 Å². The van der Waals surface area contributed by atoms with Crippen molar-refractivity contribution in [1.29, 1.82) is 0 Å². The van der Waals surface area contributed by atoms with Gasteiger partial charge in [0.2, 0.25) is 10.0 Å². The van der Waals surface area contributed by atoms with E-state index in [2.05, 4.69) is 11.6 Å². The van der Waals surface area contributed by atoms with Crippen LogP contribution in [0.1, 0.15) is 30.4 Å². The van der Waals surface area contributed by atoms with Crippen LogP contribution < -0.4 is 18.9 Å². The lowest BCUT2D eigenvalue weighted by Gasteiger charge is -2.20. The highest BCUT2D eigenvalue weighted by molar-refractivity contribution is 7.89. The van der Waals surface area contributed by atoms with Gasteiger partial charge < -0.3 is 14.2 Å². The van der Waals surface area contributed by atoms with Gasteiger partial charge in [0.05, 0.1) is 12.0 Å². The van der Waals surface area contributed by atoms with Crippen molar-refractivity contribution in [3.63, 3.8) is 0 Å². The molecule has 2 aromatic rings. The maximum Gasteiger partial charge on any atom is 0.240 e. The molecule has 0 bridgehead atoms. The minimum atomic E-state index is -3.55. The first-order valence-corrected chi connectivity index (χ1v) is 10.4. The van der Waals surface area contributed by atoms with Gasteiger partial charge >= 0.3 is 0 Å². The van der Waals surface area contributed by atoms with Crippen LogP contribution in [0, 0.1) is 6.92 Å². The molecule has 0 aliphatic carbocycles. The van der Waals surface area contributed by atoms with Crippen LogP contribution in [0.5, 0.6) is 17.2 Å². The summed E-state index contributed by atoms with van der Waals surface area (Å²) in [5.41, 5.74) is 1.88. The average molecular weight is 391 g/mol. The Hall–Kier alpha value is -2.25. The number of hydrogen-bond donors (Lipinski definition) is 1. The van der Waals surface area contributed by atoms with Crippen LogP contribution in [0.4, 0.5) is 0 Å². The number of aryl methyl sites for hydroxylation is 1. The summed E-state index contributed by atoms with van der Waals surface area (Å²) in [6, 6.07) is 10.7. The van der Waals surface area contributed by atoms with Gasteiger partial charge in [0.25, 0.3) is 0 Å². The van der Waals surface area contributed by atoms with Crippen molar-refractivity contribution in [2.24, 2.45) is 0 Å². The number of sulfonamides is 1. The van der Waals surface area contributed by atoms with E-state index in [1.54, 1.807) is 25.3 Å². The molecule has 1 heterocycles. The molecule has 3 rings (SSSR count). The van der Waals surface area contributed by atoms with Gasteiger partial charge in [0, 0.05) is 6.54 Å². The van der Waals surface area contributed by atoms with Gasteiger partial charge in [-0.05, 0) is 60.7 Å². The lowest BCUT2D eigenvalue weighted by Crippen LogP contribution is -2.25.